The molecule has 2 N–H and O–H groups in total. The molecule has 1 aliphatic carbocycles. The topological polar surface area (TPSA) is 84.2 Å². The molecule has 1 aromatic rings. The highest BCUT2D eigenvalue weighted by Crippen LogP contribution is 2.30. The van der Waals surface area contributed by atoms with Crippen LogP contribution < -0.4 is 4.72 Å². The van der Waals surface area contributed by atoms with Gasteiger partial charge in [0.1, 0.15) is 0 Å². The van der Waals surface area contributed by atoms with Crippen LogP contribution in [0, 0.1) is 0 Å². The predicted octanol–water partition coefficient (Wildman–Crippen LogP) is 0.00350. The van der Waals surface area contributed by atoms with Crippen LogP contribution in [-0.2, 0) is 17.1 Å². The Hall–Kier alpha value is -0.920. The summed E-state index contributed by atoms with van der Waals surface area (Å²) < 4.78 is 28.3. The minimum atomic E-state index is -3.64. The number of aryl methyl sites for hydroxylation is 1. The van der Waals surface area contributed by atoms with E-state index >= 15 is 0 Å². The highest BCUT2D eigenvalue weighted by atomic mass is 32.2. The molecular weight excluding hydrogens is 242 g/mol. The first kappa shape index (κ1) is 12.5. The van der Waals surface area contributed by atoms with E-state index in [0.717, 1.165) is 12.8 Å². The number of nitrogens with one attached hydrogen (secondary N) is 1. The van der Waals surface area contributed by atoms with Gasteiger partial charge < -0.3 is 9.67 Å². The van der Waals surface area contributed by atoms with Crippen molar-refractivity contribution in [1.82, 2.24) is 14.3 Å². The lowest BCUT2D eigenvalue weighted by molar-refractivity contribution is 0.185. The third-order valence-electron chi connectivity index (χ3n) is 3.17. The molecular formula is C10H17N3O3S. The Morgan fingerprint density at radius 2 is 2.18 bits per heavy atom. The van der Waals surface area contributed by atoms with Gasteiger partial charge in [-0.3, -0.25) is 0 Å². The van der Waals surface area contributed by atoms with E-state index in [4.69, 9.17) is 0 Å². The summed E-state index contributed by atoms with van der Waals surface area (Å²) in [6, 6.07) is 0. The summed E-state index contributed by atoms with van der Waals surface area (Å²) >= 11 is 0. The molecule has 6 nitrogen and oxygen atoms in total. The zero-order chi connectivity index (χ0) is 12.5. The average molecular weight is 259 g/mol. The Balaban J connectivity index is 2.22. The molecule has 1 fully saturated rings. The lowest BCUT2D eigenvalue weighted by Gasteiger charge is -2.26. The lowest BCUT2D eigenvalue weighted by Crippen LogP contribution is -2.49. The van der Waals surface area contributed by atoms with Gasteiger partial charge in [-0.15, -0.1) is 0 Å². The summed E-state index contributed by atoms with van der Waals surface area (Å²) in [7, 11) is -1.92. The zero-order valence-corrected chi connectivity index (χ0v) is 10.6. The Labute approximate surface area is 101 Å². The second-order valence-corrected chi connectivity index (χ2v) is 6.26. The number of hydrogen-bond acceptors (Lipinski definition) is 4. The Morgan fingerprint density at radius 1 is 1.53 bits per heavy atom. The van der Waals surface area contributed by atoms with Crippen LogP contribution in [0.25, 0.3) is 0 Å². The first-order valence-electron chi connectivity index (χ1n) is 5.60. The molecule has 0 aliphatic heterocycles. The van der Waals surface area contributed by atoms with Gasteiger partial charge in [-0.25, -0.2) is 18.1 Å². The van der Waals surface area contributed by atoms with E-state index in [1.807, 2.05) is 0 Å². The van der Waals surface area contributed by atoms with Crippen molar-refractivity contribution in [3.63, 3.8) is 0 Å². The van der Waals surface area contributed by atoms with Crippen LogP contribution in [0.4, 0.5) is 0 Å². The SMILES string of the molecule is Cn1cnc(S(=O)(=O)NC2(CO)CCCC2)c1. The number of aliphatic hydroxyl groups is 1. The monoisotopic (exact) mass is 259 g/mol. The van der Waals surface area contributed by atoms with E-state index in [1.165, 1.54) is 12.5 Å². The number of sulfonamides is 1. The lowest BCUT2D eigenvalue weighted by atomic mass is 10.0. The van der Waals surface area contributed by atoms with Gasteiger partial charge in [0.05, 0.1) is 18.5 Å². The molecule has 0 atom stereocenters. The number of imidazole rings is 1. The number of nitrogens with zero attached hydrogens (tertiary/aromatic N) is 2. The molecule has 96 valence electrons. The quantitative estimate of drug-likeness (QED) is 0.797. The molecule has 1 aliphatic rings. The molecule has 1 heterocycles. The normalized spacial score (nSPS) is 19.6. The first-order valence-corrected chi connectivity index (χ1v) is 7.09. The van der Waals surface area contributed by atoms with Crippen LogP contribution in [0.15, 0.2) is 17.6 Å². The summed E-state index contributed by atoms with van der Waals surface area (Å²) in [4.78, 5) is 3.83. The maximum atomic E-state index is 12.1. The molecule has 2 rings (SSSR count). The van der Waals surface area contributed by atoms with Crippen molar-refractivity contribution in [2.45, 2.75) is 36.2 Å². The van der Waals surface area contributed by atoms with Crippen LogP contribution in [-0.4, -0.2) is 35.2 Å². The van der Waals surface area contributed by atoms with Crippen LogP contribution in [0.1, 0.15) is 25.7 Å². The van der Waals surface area contributed by atoms with Gasteiger partial charge in [-0.05, 0) is 12.8 Å². The van der Waals surface area contributed by atoms with Gasteiger partial charge in [-0.1, -0.05) is 12.8 Å². The van der Waals surface area contributed by atoms with E-state index < -0.39 is 15.6 Å². The maximum absolute atomic E-state index is 12.1. The van der Waals surface area contributed by atoms with Crippen molar-refractivity contribution in [2.75, 3.05) is 6.61 Å². The highest BCUT2D eigenvalue weighted by molar-refractivity contribution is 7.89. The van der Waals surface area contributed by atoms with Crippen LogP contribution in [0.5, 0.6) is 0 Å². The van der Waals surface area contributed by atoms with Crippen LogP contribution in [0.3, 0.4) is 0 Å². The molecule has 0 amide bonds. The number of hydrogen-bond donors (Lipinski definition) is 2. The predicted molar refractivity (Wildman–Crippen MR) is 61.8 cm³/mol. The second-order valence-electron chi connectivity index (χ2n) is 4.63. The zero-order valence-electron chi connectivity index (χ0n) is 9.76. The van der Waals surface area contributed by atoms with Crippen molar-refractivity contribution < 1.29 is 13.5 Å². The molecule has 0 radical (unpaired) electrons. The standard InChI is InChI=1S/C10H17N3O3S/c1-13-6-9(11-8-13)17(15,16)12-10(7-14)4-2-3-5-10/h6,8,12,14H,2-5,7H2,1H3. The second kappa shape index (κ2) is 4.40. The van der Waals surface area contributed by atoms with E-state index in [2.05, 4.69) is 9.71 Å². The molecule has 7 heteroatoms. The van der Waals surface area contributed by atoms with Gasteiger partial charge >= 0.3 is 0 Å². The molecule has 0 saturated heterocycles. The molecule has 1 aromatic heterocycles. The average Bonchev–Trinajstić information content (AvgIpc) is 2.87. The number of rotatable bonds is 4. The third-order valence-corrected chi connectivity index (χ3v) is 4.63. The molecule has 0 spiro atoms. The summed E-state index contributed by atoms with van der Waals surface area (Å²) in [5, 5.41) is 9.38. The number of aromatic nitrogens is 2. The van der Waals surface area contributed by atoms with E-state index in [1.54, 1.807) is 11.6 Å². The highest BCUT2D eigenvalue weighted by Gasteiger charge is 2.38. The van der Waals surface area contributed by atoms with Gasteiger partial charge in [0, 0.05) is 13.2 Å². The van der Waals surface area contributed by atoms with E-state index in [0.29, 0.717) is 12.8 Å². The van der Waals surface area contributed by atoms with Crippen molar-refractivity contribution in [3.05, 3.63) is 12.5 Å². The fourth-order valence-corrected chi connectivity index (χ4v) is 3.64. The van der Waals surface area contributed by atoms with Crippen LogP contribution >= 0.6 is 0 Å². The fraction of sp³-hybridized carbons (Fsp3) is 0.700. The van der Waals surface area contributed by atoms with Gasteiger partial charge in [-0.2, -0.15) is 0 Å². The number of aliphatic hydroxyl groups excluding tert-OH is 1. The van der Waals surface area contributed by atoms with Gasteiger partial charge in [0.2, 0.25) is 0 Å². The summed E-state index contributed by atoms with van der Waals surface area (Å²) in [5.41, 5.74) is -0.698. The molecule has 0 unspecified atom stereocenters. The van der Waals surface area contributed by atoms with E-state index in [-0.39, 0.29) is 11.6 Å². The summed E-state index contributed by atoms with van der Waals surface area (Å²) in [5.74, 6) is 0. The minimum absolute atomic E-state index is 0.000255. The Kier molecular flexibility index (Phi) is 3.24. The van der Waals surface area contributed by atoms with E-state index in [9.17, 15) is 13.5 Å². The molecule has 1 saturated carbocycles. The minimum Gasteiger partial charge on any atom is -0.394 e. The summed E-state index contributed by atoms with van der Waals surface area (Å²) in [6.45, 7) is -0.168. The Morgan fingerprint density at radius 3 is 2.65 bits per heavy atom. The first-order chi connectivity index (χ1) is 7.97. The smallest absolute Gasteiger partial charge is 0.260 e. The van der Waals surface area contributed by atoms with Crippen molar-refractivity contribution in [2.24, 2.45) is 7.05 Å². The van der Waals surface area contributed by atoms with Crippen molar-refractivity contribution in [3.8, 4) is 0 Å². The fourth-order valence-electron chi connectivity index (χ4n) is 2.21. The summed E-state index contributed by atoms with van der Waals surface area (Å²) in [6.07, 6.45) is 6.11. The third kappa shape index (κ3) is 2.51. The largest absolute Gasteiger partial charge is 0.394 e. The van der Waals surface area contributed by atoms with Crippen molar-refractivity contribution in [1.29, 1.82) is 0 Å². The van der Waals surface area contributed by atoms with Crippen molar-refractivity contribution >= 4 is 10.0 Å². The van der Waals surface area contributed by atoms with Gasteiger partial charge in [0.15, 0.2) is 5.03 Å². The maximum Gasteiger partial charge on any atom is 0.260 e. The van der Waals surface area contributed by atoms with Gasteiger partial charge in [0.25, 0.3) is 10.0 Å². The Bertz CT molecular complexity index is 489. The molecule has 0 bridgehead atoms. The van der Waals surface area contributed by atoms with Crippen LogP contribution in [0.2, 0.25) is 0 Å². The molecule has 0 aromatic carbocycles. The molecule has 17 heavy (non-hydrogen) atoms.